The topological polar surface area (TPSA) is 109 Å². The van der Waals surface area contributed by atoms with Crippen LogP contribution in [0.15, 0.2) is 23.0 Å². The molecular weight excluding hydrogens is 385 g/mol. The van der Waals surface area contributed by atoms with E-state index in [2.05, 4.69) is 9.97 Å². The monoisotopic (exact) mass is 404 g/mol. The third kappa shape index (κ3) is 4.78. The number of benzene rings is 1. The molecule has 7 nitrogen and oxygen atoms in total. The summed E-state index contributed by atoms with van der Waals surface area (Å²) < 4.78 is 61.6. The first-order chi connectivity index (χ1) is 12.5. The van der Waals surface area contributed by atoms with Gasteiger partial charge in [-0.1, -0.05) is 0 Å². The minimum absolute atomic E-state index is 0.000915. The van der Waals surface area contributed by atoms with E-state index < -0.39 is 27.5 Å². The third-order valence-electron chi connectivity index (χ3n) is 4.67. The molecular formula is C16H19F3N4O3S. The lowest BCUT2D eigenvalue weighted by Crippen LogP contribution is -2.38. The number of nitrogens with two attached hydrogens (primary N) is 1. The highest BCUT2D eigenvalue weighted by Gasteiger charge is 2.31. The summed E-state index contributed by atoms with van der Waals surface area (Å²) in [6.07, 6.45) is -2.67. The number of H-pyrrole nitrogens is 1. The maximum absolute atomic E-state index is 13.1. The molecule has 2 aromatic rings. The standard InChI is InChI=1S/C16H19F3N4O3S/c17-16(18,19)11-3-4-13-12(8-11)14(22-15(24)21-13)23-6-1-2-10(9-23)5-7-27(20,25)26/h3-4,8,10H,1-2,5-7,9H2,(H2,20,25,26)(H,21,22,24). The summed E-state index contributed by atoms with van der Waals surface area (Å²) in [6, 6.07) is 3.10. The zero-order chi connectivity index (χ0) is 19.8. The fourth-order valence-corrected chi connectivity index (χ4v) is 4.04. The number of alkyl halides is 3. The van der Waals surface area contributed by atoms with E-state index in [9.17, 15) is 26.4 Å². The SMILES string of the molecule is NS(=O)(=O)CCC1CCCN(c2nc(=O)[nH]c3ccc(C(F)(F)F)cc23)C1. The van der Waals surface area contributed by atoms with Crippen molar-refractivity contribution >= 4 is 26.7 Å². The van der Waals surface area contributed by atoms with Gasteiger partial charge in [0.05, 0.1) is 16.8 Å². The second-order valence-electron chi connectivity index (χ2n) is 6.73. The quantitative estimate of drug-likeness (QED) is 0.808. The predicted molar refractivity (Wildman–Crippen MR) is 94.9 cm³/mol. The number of aromatic nitrogens is 2. The van der Waals surface area contributed by atoms with E-state index in [1.165, 1.54) is 6.07 Å². The van der Waals surface area contributed by atoms with E-state index >= 15 is 0 Å². The van der Waals surface area contributed by atoms with Gasteiger partial charge in [-0.2, -0.15) is 18.2 Å². The van der Waals surface area contributed by atoms with E-state index in [-0.39, 0.29) is 28.4 Å². The first kappa shape index (κ1) is 19.6. The number of anilines is 1. The summed E-state index contributed by atoms with van der Waals surface area (Å²) in [6.45, 7) is 0.922. The van der Waals surface area contributed by atoms with Gasteiger partial charge in [-0.15, -0.1) is 0 Å². The Kier molecular flexibility index (Phi) is 5.17. The van der Waals surface area contributed by atoms with Gasteiger partial charge in [-0.25, -0.2) is 18.4 Å². The molecule has 148 valence electrons. The number of primary sulfonamides is 1. The van der Waals surface area contributed by atoms with Crippen LogP contribution in [0.25, 0.3) is 10.9 Å². The van der Waals surface area contributed by atoms with E-state index in [0.29, 0.717) is 25.9 Å². The normalized spacial score (nSPS) is 18.8. The highest BCUT2D eigenvalue weighted by Crippen LogP contribution is 2.34. The Morgan fingerprint density at radius 1 is 1.33 bits per heavy atom. The first-order valence-electron chi connectivity index (χ1n) is 8.39. The predicted octanol–water partition coefficient (Wildman–Crippen LogP) is 1.84. The lowest BCUT2D eigenvalue weighted by molar-refractivity contribution is -0.137. The molecule has 1 aromatic heterocycles. The molecule has 1 saturated heterocycles. The summed E-state index contributed by atoms with van der Waals surface area (Å²) in [7, 11) is -3.58. The second-order valence-corrected chi connectivity index (χ2v) is 8.47. The fraction of sp³-hybridized carbons (Fsp3) is 0.500. The van der Waals surface area contributed by atoms with E-state index in [0.717, 1.165) is 18.6 Å². The molecule has 0 amide bonds. The van der Waals surface area contributed by atoms with Gasteiger partial charge in [0.15, 0.2) is 0 Å². The Morgan fingerprint density at radius 2 is 2.07 bits per heavy atom. The summed E-state index contributed by atoms with van der Waals surface area (Å²) >= 11 is 0. The van der Waals surface area contributed by atoms with E-state index in [1.54, 1.807) is 4.90 Å². The van der Waals surface area contributed by atoms with Crippen molar-refractivity contribution in [3.63, 3.8) is 0 Å². The molecule has 0 spiro atoms. The van der Waals surface area contributed by atoms with Crippen LogP contribution in [0, 0.1) is 5.92 Å². The van der Waals surface area contributed by atoms with Gasteiger partial charge in [0.2, 0.25) is 10.0 Å². The maximum atomic E-state index is 13.1. The lowest BCUT2D eigenvalue weighted by Gasteiger charge is -2.34. The van der Waals surface area contributed by atoms with Crippen molar-refractivity contribution in [3.05, 3.63) is 34.2 Å². The Bertz CT molecular complexity index is 1000. The molecule has 27 heavy (non-hydrogen) atoms. The van der Waals surface area contributed by atoms with Crippen molar-refractivity contribution in [1.82, 2.24) is 9.97 Å². The first-order valence-corrected chi connectivity index (χ1v) is 10.1. The number of halogens is 3. The third-order valence-corrected chi connectivity index (χ3v) is 5.47. The Labute approximate surface area is 153 Å². The van der Waals surface area contributed by atoms with Crippen LogP contribution in [-0.2, 0) is 16.2 Å². The molecule has 3 rings (SSSR count). The number of aromatic amines is 1. The van der Waals surface area contributed by atoms with Gasteiger partial charge in [-0.3, -0.25) is 0 Å². The molecule has 1 aromatic carbocycles. The zero-order valence-corrected chi connectivity index (χ0v) is 15.1. The molecule has 11 heteroatoms. The van der Waals surface area contributed by atoms with Crippen LogP contribution in [-0.4, -0.2) is 37.2 Å². The molecule has 0 aliphatic carbocycles. The van der Waals surface area contributed by atoms with Gasteiger partial charge in [-0.05, 0) is 43.4 Å². The van der Waals surface area contributed by atoms with Crippen LogP contribution in [0.3, 0.4) is 0 Å². The van der Waals surface area contributed by atoms with Crippen molar-refractivity contribution in [3.8, 4) is 0 Å². The number of nitrogens with zero attached hydrogens (tertiary/aromatic N) is 2. The molecule has 3 N–H and O–H groups in total. The Morgan fingerprint density at radius 3 is 2.74 bits per heavy atom. The van der Waals surface area contributed by atoms with Crippen molar-refractivity contribution < 1.29 is 21.6 Å². The van der Waals surface area contributed by atoms with E-state index in [1.807, 2.05) is 0 Å². The molecule has 1 atom stereocenters. The van der Waals surface area contributed by atoms with Crippen LogP contribution in [0.5, 0.6) is 0 Å². The average molecular weight is 404 g/mol. The average Bonchev–Trinajstić information content (AvgIpc) is 2.57. The number of hydrogen-bond donors (Lipinski definition) is 2. The Balaban J connectivity index is 1.95. The van der Waals surface area contributed by atoms with Gasteiger partial charge in [0.1, 0.15) is 5.82 Å². The number of nitrogens with one attached hydrogen (secondary N) is 1. The molecule has 0 bridgehead atoms. The van der Waals surface area contributed by atoms with Crippen LogP contribution < -0.4 is 15.7 Å². The van der Waals surface area contributed by atoms with Gasteiger partial charge < -0.3 is 9.88 Å². The van der Waals surface area contributed by atoms with Gasteiger partial charge >= 0.3 is 11.9 Å². The fourth-order valence-electron chi connectivity index (χ4n) is 3.38. The maximum Gasteiger partial charge on any atom is 0.416 e. The molecule has 1 unspecified atom stereocenters. The summed E-state index contributed by atoms with van der Waals surface area (Å²) in [5.41, 5.74) is -1.21. The van der Waals surface area contributed by atoms with E-state index in [4.69, 9.17) is 5.14 Å². The van der Waals surface area contributed by atoms with Gasteiger partial charge in [0, 0.05) is 18.5 Å². The molecule has 1 aliphatic heterocycles. The second kappa shape index (κ2) is 7.12. The largest absolute Gasteiger partial charge is 0.416 e. The van der Waals surface area contributed by atoms with Crippen molar-refractivity contribution in [1.29, 1.82) is 0 Å². The minimum atomic E-state index is -4.51. The van der Waals surface area contributed by atoms with Crippen molar-refractivity contribution in [2.75, 3.05) is 23.7 Å². The number of hydrogen-bond acceptors (Lipinski definition) is 5. The van der Waals surface area contributed by atoms with Crippen molar-refractivity contribution in [2.45, 2.75) is 25.4 Å². The molecule has 1 aliphatic rings. The van der Waals surface area contributed by atoms with Gasteiger partial charge in [0.25, 0.3) is 0 Å². The van der Waals surface area contributed by atoms with Crippen LogP contribution in [0.2, 0.25) is 0 Å². The highest BCUT2D eigenvalue weighted by molar-refractivity contribution is 7.89. The minimum Gasteiger partial charge on any atom is -0.356 e. The highest BCUT2D eigenvalue weighted by atomic mass is 32.2. The summed E-state index contributed by atoms with van der Waals surface area (Å²) in [5.74, 6) is 0.0203. The molecule has 0 radical (unpaired) electrons. The smallest absolute Gasteiger partial charge is 0.356 e. The number of rotatable bonds is 4. The summed E-state index contributed by atoms with van der Waals surface area (Å²) in [4.78, 5) is 19.9. The summed E-state index contributed by atoms with van der Waals surface area (Å²) in [5, 5.41) is 5.25. The Hall–Kier alpha value is -2.14. The van der Waals surface area contributed by atoms with Crippen LogP contribution in [0.1, 0.15) is 24.8 Å². The lowest BCUT2D eigenvalue weighted by atomic mass is 9.95. The molecule has 1 fully saturated rings. The van der Waals surface area contributed by atoms with Crippen LogP contribution in [0.4, 0.5) is 19.0 Å². The zero-order valence-electron chi connectivity index (χ0n) is 14.3. The number of piperidine rings is 1. The molecule has 0 saturated carbocycles. The van der Waals surface area contributed by atoms with Crippen LogP contribution >= 0.6 is 0 Å². The molecule has 2 heterocycles. The number of sulfonamides is 1. The number of fused-ring (bicyclic) bond motifs is 1. The van der Waals surface area contributed by atoms with Crippen molar-refractivity contribution in [2.24, 2.45) is 11.1 Å².